The Bertz CT molecular complexity index is 1140. The molecule has 2 aliphatic carbocycles. The molecular weight excluding hydrogens is 410 g/mol. The Hall–Kier alpha value is -2.45. The molecule has 2 saturated carbocycles. The van der Waals surface area contributed by atoms with E-state index >= 15 is 0 Å². The van der Waals surface area contributed by atoms with Crippen LogP contribution in [-0.4, -0.2) is 48.3 Å². The lowest BCUT2D eigenvalue weighted by Gasteiger charge is -2.35. The van der Waals surface area contributed by atoms with Crippen LogP contribution in [0, 0.1) is 5.92 Å². The Labute approximate surface area is 183 Å². The second-order valence-electron chi connectivity index (χ2n) is 8.98. The molecule has 0 radical (unpaired) electrons. The first-order chi connectivity index (χ1) is 15.0. The standard InChI is InChI=1S/C23H29N5O2S/c1-28(23-19-11-12-24-22(19)25-15-26-23)18-9-7-16(8-10-18)14-31(29,30)27-21-13-20(21)17-5-3-2-4-6-17/h2-6,11-12,15-16,18,20-21,27H,7-10,13-14H2,1H3,(H,24,25,26)/t16-,18-,20-,21+/m1/s1. The van der Waals surface area contributed by atoms with Gasteiger partial charge in [0, 0.05) is 31.2 Å². The van der Waals surface area contributed by atoms with Crippen molar-refractivity contribution in [2.75, 3.05) is 17.7 Å². The largest absolute Gasteiger partial charge is 0.356 e. The van der Waals surface area contributed by atoms with Crippen LogP contribution in [0.3, 0.4) is 0 Å². The number of nitrogens with zero attached hydrogens (tertiary/aromatic N) is 3. The Morgan fingerprint density at radius 2 is 1.87 bits per heavy atom. The molecule has 0 bridgehead atoms. The molecule has 2 N–H and O–H groups in total. The first-order valence-electron chi connectivity index (χ1n) is 11.1. The van der Waals surface area contributed by atoms with Crippen LogP contribution in [0.15, 0.2) is 48.9 Å². The molecule has 0 unspecified atom stereocenters. The van der Waals surface area contributed by atoms with Gasteiger partial charge in [-0.2, -0.15) is 0 Å². The van der Waals surface area contributed by atoms with Crippen LogP contribution in [-0.2, 0) is 10.0 Å². The van der Waals surface area contributed by atoms with Crippen molar-refractivity contribution >= 4 is 26.9 Å². The molecule has 0 aliphatic heterocycles. The molecule has 2 atom stereocenters. The van der Waals surface area contributed by atoms with E-state index in [1.165, 1.54) is 5.56 Å². The first-order valence-corrected chi connectivity index (χ1v) is 12.7. The van der Waals surface area contributed by atoms with Crippen LogP contribution in [0.4, 0.5) is 5.82 Å². The number of nitrogens with one attached hydrogen (secondary N) is 2. The summed E-state index contributed by atoms with van der Waals surface area (Å²) >= 11 is 0. The second-order valence-corrected chi connectivity index (χ2v) is 10.8. The van der Waals surface area contributed by atoms with Crippen molar-refractivity contribution in [2.24, 2.45) is 5.92 Å². The average molecular weight is 440 g/mol. The van der Waals surface area contributed by atoms with E-state index in [1.54, 1.807) is 6.33 Å². The maximum absolute atomic E-state index is 12.7. The highest BCUT2D eigenvalue weighted by Crippen LogP contribution is 2.41. The summed E-state index contributed by atoms with van der Waals surface area (Å²) in [4.78, 5) is 14.1. The summed E-state index contributed by atoms with van der Waals surface area (Å²) in [5.74, 6) is 1.70. The summed E-state index contributed by atoms with van der Waals surface area (Å²) in [6.45, 7) is 0. The number of anilines is 1. The van der Waals surface area contributed by atoms with Gasteiger partial charge in [-0.15, -0.1) is 0 Å². The van der Waals surface area contributed by atoms with Crippen molar-refractivity contribution in [1.82, 2.24) is 19.7 Å². The number of benzene rings is 1. The van der Waals surface area contributed by atoms with E-state index < -0.39 is 10.0 Å². The smallest absolute Gasteiger partial charge is 0.212 e. The quantitative estimate of drug-likeness (QED) is 0.589. The van der Waals surface area contributed by atoms with Crippen LogP contribution >= 0.6 is 0 Å². The fraction of sp³-hybridized carbons (Fsp3) is 0.478. The molecule has 7 nitrogen and oxygen atoms in total. The van der Waals surface area contributed by atoms with Gasteiger partial charge < -0.3 is 9.88 Å². The maximum Gasteiger partial charge on any atom is 0.212 e. The fourth-order valence-electron chi connectivity index (χ4n) is 4.99. The van der Waals surface area contributed by atoms with Gasteiger partial charge in [-0.25, -0.2) is 23.1 Å². The summed E-state index contributed by atoms with van der Waals surface area (Å²) in [5, 5.41) is 1.02. The van der Waals surface area contributed by atoms with Gasteiger partial charge in [-0.05, 0) is 49.7 Å². The lowest BCUT2D eigenvalue weighted by atomic mass is 9.86. The van der Waals surface area contributed by atoms with Gasteiger partial charge in [0.1, 0.15) is 17.8 Å². The Balaban J connectivity index is 1.14. The summed E-state index contributed by atoms with van der Waals surface area (Å²) < 4.78 is 28.4. The van der Waals surface area contributed by atoms with Crippen molar-refractivity contribution < 1.29 is 8.42 Å². The highest BCUT2D eigenvalue weighted by atomic mass is 32.2. The van der Waals surface area contributed by atoms with E-state index in [-0.39, 0.29) is 17.7 Å². The molecule has 2 aliphatic rings. The molecule has 31 heavy (non-hydrogen) atoms. The minimum absolute atomic E-state index is 0.0522. The fourth-order valence-corrected chi connectivity index (χ4v) is 6.77. The molecule has 8 heteroatoms. The predicted molar refractivity (Wildman–Crippen MR) is 123 cm³/mol. The third-order valence-electron chi connectivity index (χ3n) is 6.84. The molecule has 3 aromatic rings. The molecule has 1 aromatic carbocycles. The van der Waals surface area contributed by atoms with E-state index in [0.717, 1.165) is 49.0 Å². The van der Waals surface area contributed by atoms with Gasteiger partial charge in [0.25, 0.3) is 0 Å². The SMILES string of the molecule is CN(c1ncnc2[nH]ccc12)[C@H]1CC[C@H](CS(=O)(=O)N[C@H]2C[C@@H]2c2ccccc2)CC1. The first kappa shape index (κ1) is 20.5. The Morgan fingerprint density at radius 3 is 2.65 bits per heavy atom. The van der Waals surface area contributed by atoms with Gasteiger partial charge in [-0.1, -0.05) is 30.3 Å². The monoisotopic (exact) mass is 439 g/mol. The van der Waals surface area contributed by atoms with E-state index in [1.807, 2.05) is 30.5 Å². The van der Waals surface area contributed by atoms with Crippen LogP contribution in [0.1, 0.15) is 43.6 Å². The second kappa shape index (κ2) is 8.24. The topological polar surface area (TPSA) is 91.0 Å². The molecule has 0 saturated heterocycles. The molecule has 0 spiro atoms. The van der Waals surface area contributed by atoms with Gasteiger partial charge in [0.15, 0.2) is 0 Å². The van der Waals surface area contributed by atoms with E-state index in [0.29, 0.717) is 12.0 Å². The minimum Gasteiger partial charge on any atom is -0.356 e. The molecule has 2 fully saturated rings. The maximum atomic E-state index is 12.7. The van der Waals surface area contributed by atoms with Crippen LogP contribution in [0.2, 0.25) is 0 Å². The van der Waals surface area contributed by atoms with E-state index in [4.69, 9.17) is 0 Å². The average Bonchev–Trinajstić information content (AvgIpc) is 3.35. The van der Waals surface area contributed by atoms with Crippen LogP contribution in [0.25, 0.3) is 11.0 Å². The zero-order chi connectivity index (χ0) is 21.4. The molecular formula is C23H29N5O2S. The van der Waals surface area contributed by atoms with Crippen molar-refractivity contribution in [3.63, 3.8) is 0 Å². The van der Waals surface area contributed by atoms with Crippen molar-refractivity contribution in [3.05, 3.63) is 54.5 Å². The van der Waals surface area contributed by atoms with Crippen molar-refractivity contribution in [1.29, 1.82) is 0 Å². The number of H-pyrrole nitrogens is 1. The summed E-state index contributed by atoms with van der Waals surface area (Å²) in [5.41, 5.74) is 2.07. The van der Waals surface area contributed by atoms with Gasteiger partial charge in [-0.3, -0.25) is 0 Å². The van der Waals surface area contributed by atoms with Crippen molar-refractivity contribution in [3.8, 4) is 0 Å². The normalized spacial score (nSPS) is 26.1. The molecule has 5 rings (SSSR count). The lowest BCUT2D eigenvalue weighted by Crippen LogP contribution is -2.38. The van der Waals surface area contributed by atoms with Crippen molar-refractivity contribution in [2.45, 2.75) is 50.1 Å². The number of rotatable bonds is 7. The number of aromatic amines is 1. The number of hydrogen-bond acceptors (Lipinski definition) is 5. The van der Waals surface area contributed by atoms with Crippen LogP contribution in [0.5, 0.6) is 0 Å². The molecule has 0 amide bonds. The van der Waals surface area contributed by atoms with E-state index in [2.05, 4.69) is 43.8 Å². The predicted octanol–water partition coefficient (Wildman–Crippen LogP) is 3.43. The minimum atomic E-state index is -3.26. The van der Waals surface area contributed by atoms with E-state index in [9.17, 15) is 8.42 Å². The van der Waals surface area contributed by atoms with Crippen LogP contribution < -0.4 is 9.62 Å². The molecule has 2 heterocycles. The third kappa shape index (κ3) is 4.45. The summed E-state index contributed by atoms with van der Waals surface area (Å²) in [7, 11) is -1.18. The lowest BCUT2D eigenvalue weighted by molar-refractivity contribution is 0.340. The zero-order valence-corrected chi connectivity index (χ0v) is 18.6. The number of hydrogen-bond donors (Lipinski definition) is 2. The number of aromatic nitrogens is 3. The highest BCUT2D eigenvalue weighted by Gasteiger charge is 2.41. The molecule has 2 aromatic heterocycles. The molecule has 164 valence electrons. The number of fused-ring (bicyclic) bond motifs is 1. The van der Waals surface area contributed by atoms with Gasteiger partial charge in [0.2, 0.25) is 10.0 Å². The third-order valence-corrected chi connectivity index (χ3v) is 8.41. The summed E-state index contributed by atoms with van der Waals surface area (Å²) in [6, 6.07) is 12.6. The zero-order valence-electron chi connectivity index (χ0n) is 17.7. The van der Waals surface area contributed by atoms with Gasteiger partial charge >= 0.3 is 0 Å². The number of sulfonamides is 1. The summed E-state index contributed by atoms with van der Waals surface area (Å²) in [6.07, 6.45) is 8.16. The Kier molecular flexibility index (Phi) is 5.44. The highest BCUT2D eigenvalue weighted by molar-refractivity contribution is 7.89. The van der Waals surface area contributed by atoms with Gasteiger partial charge in [0.05, 0.1) is 11.1 Å². The Morgan fingerprint density at radius 1 is 1.10 bits per heavy atom.